The average Bonchev–Trinajstić information content (AvgIpc) is 2.13. The van der Waals surface area contributed by atoms with Gasteiger partial charge in [0.15, 0.2) is 11.6 Å². The fourth-order valence-electron chi connectivity index (χ4n) is 1.26. The van der Waals surface area contributed by atoms with E-state index in [1.54, 1.807) is 0 Å². The molecule has 1 aromatic rings. The molecule has 0 aromatic heterocycles. The number of hydrogen-bond acceptors (Lipinski definition) is 2. The van der Waals surface area contributed by atoms with Gasteiger partial charge in [-0.05, 0) is 31.9 Å². The number of aromatic hydroxyl groups is 1. The van der Waals surface area contributed by atoms with Crippen LogP contribution in [0.1, 0.15) is 19.4 Å². The monoisotopic (exact) mass is 230 g/mol. The molecule has 5 heteroatoms. The number of hydrogen-bond donors (Lipinski definition) is 2. The molecule has 0 aliphatic heterocycles. The number of rotatable bonds is 3. The van der Waals surface area contributed by atoms with Crippen molar-refractivity contribution < 1.29 is 23.8 Å². The van der Waals surface area contributed by atoms with Gasteiger partial charge in [-0.3, -0.25) is 4.79 Å². The smallest absolute Gasteiger partial charge is 0.309 e. The lowest BCUT2D eigenvalue weighted by Gasteiger charge is -2.19. The highest BCUT2D eigenvalue weighted by Crippen LogP contribution is 2.27. The maximum absolute atomic E-state index is 13.3. The molecule has 1 rings (SSSR count). The molecule has 0 unspecified atom stereocenters. The van der Waals surface area contributed by atoms with Crippen LogP contribution in [-0.4, -0.2) is 16.2 Å². The fraction of sp³-hybridized carbons (Fsp3) is 0.364. The first kappa shape index (κ1) is 12.4. The lowest BCUT2D eigenvalue weighted by Crippen LogP contribution is -2.26. The summed E-state index contributed by atoms with van der Waals surface area (Å²) in [6.45, 7) is 2.83. The Morgan fingerprint density at radius 3 is 2.38 bits per heavy atom. The largest absolute Gasteiger partial charge is 0.505 e. The quantitative estimate of drug-likeness (QED) is 0.837. The summed E-state index contributed by atoms with van der Waals surface area (Å²) in [5.74, 6) is -3.65. The van der Waals surface area contributed by atoms with Gasteiger partial charge in [0.25, 0.3) is 0 Å². The topological polar surface area (TPSA) is 57.5 Å². The molecule has 0 fully saturated rings. The first-order valence-electron chi connectivity index (χ1n) is 4.64. The Morgan fingerprint density at radius 1 is 1.31 bits per heavy atom. The summed E-state index contributed by atoms with van der Waals surface area (Å²) in [4.78, 5) is 10.8. The number of carboxylic acids is 1. The van der Waals surface area contributed by atoms with Crippen molar-refractivity contribution >= 4 is 5.97 Å². The second kappa shape index (κ2) is 4.08. The van der Waals surface area contributed by atoms with Crippen molar-refractivity contribution in [2.45, 2.75) is 20.3 Å². The molecular weight excluding hydrogens is 218 g/mol. The predicted octanol–water partition coefficient (Wildman–Crippen LogP) is 2.32. The maximum atomic E-state index is 13.3. The van der Waals surface area contributed by atoms with E-state index in [4.69, 9.17) is 10.2 Å². The Morgan fingerprint density at radius 2 is 1.88 bits per heavy atom. The van der Waals surface area contributed by atoms with Gasteiger partial charge in [0.05, 0.1) is 5.41 Å². The van der Waals surface area contributed by atoms with Gasteiger partial charge in [0, 0.05) is 6.07 Å². The van der Waals surface area contributed by atoms with Crippen LogP contribution in [0.4, 0.5) is 8.78 Å². The van der Waals surface area contributed by atoms with E-state index in [0.29, 0.717) is 6.07 Å². The molecular formula is C11H12F2O3. The van der Waals surface area contributed by atoms with Crippen LogP contribution in [0.25, 0.3) is 0 Å². The van der Waals surface area contributed by atoms with E-state index in [-0.39, 0.29) is 12.0 Å². The van der Waals surface area contributed by atoms with Crippen LogP contribution in [0.15, 0.2) is 12.1 Å². The van der Waals surface area contributed by atoms with Gasteiger partial charge in [-0.25, -0.2) is 8.78 Å². The molecule has 0 radical (unpaired) electrons. The van der Waals surface area contributed by atoms with Crippen LogP contribution in [0.3, 0.4) is 0 Å². The number of aliphatic carboxylic acids is 1. The van der Waals surface area contributed by atoms with Crippen molar-refractivity contribution in [1.29, 1.82) is 0 Å². The van der Waals surface area contributed by atoms with E-state index in [2.05, 4.69) is 0 Å². The van der Waals surface area contributed by atoms with Crippen LogP contribution in [-0.2, 0) is 11.2 Å². The van der Waals surface area contributed by atoms with Crippen molar-refractivity contribution in [2.24, 2.45) is 5.41 Å². The molecule has 0 aliphatic carbocycles. The molecule has 0 bridgehead atoms. The zero-order valence-electron chi connectivity index (χ0n) is 8.92. The van der Waals surface area contributed by atoms with Gasteiger partial charge < -0.3 is 10.2 Å². The molecule has 0 aliphatic rings. The Balaban J connectivity index is 3.07. The summed E-state index contributed by atoms with van der Waals surface area (Å²) >= 11 is 0. The molecule has 0 saturated carbocycles. The third-order valence-corrected chi connectivity index (χ3v) is 2.33. The summed E-state index contributed by atoms with van der Waals surface area (Å²) in [6.07, 6.45) is -0.147. The summed E-state index contributed by atoms with van der Waals surface area (Å²) in [6, 6.07) is 1.46. The van der Waals surface area contributed by atoms with E-state index >= 15 is 0 Å². The van der Waals surface area contributed by atoms with Crippen molar-refractivity contribution in [3.8, 4) is 5.75 Å². The molecule has 0 spiro atoms. The number of phenols is 1. The van der Waals surface area contributed by atoms with Crippen molar-refractivity contribution in [2.75, 3.05) is 0 Å². The standard InChI is InChI=1S/C11H12F2O3/c1-11(2,10(15)16)5-6-3-8(13)9(14)4-7(6)12/h3-4,14H,5H2,1-2H3,(H,15,16). The number of halogens is 2. The molecule has 0 saturated heterocycles. The minimum absolute atomic E-state index is 0.0669. The maximum Gasteiger partial charge on any atom is 0.309 e. The van der Waals surface area contributed by atoms with Gasteiger partial charge in [0.1, 0.15) is 5.82 Å². The number of carbonyl (C=O) groups is 1. The summed E-state index contributed by atoms with van der Waals surface area (Å²) < 4.78 is 26.3. The Labute approximate surface area is 91.3 Å². The van der Waals surface area contributed by atoms with E-state index in [1.807, 2.05) is 0 Å². The minimum Gasteiger partial charge on any atom is -0.505 e. The van der Waals surface area contributed by atoms with Crippen molar-refractivity contribution in [3.63, 3.8) is 0 Å². The molecule has 0 amide bonds. The zero-order valence-corrected chi connectivity index (χ0v) is 8.92. The fourth-order valence-corrected chi connectivity index (χ4v) is 1.26. The summed E-state index contributed by atoms with van der Waals surface area (Å²) in [5, 5.41) is 17.8. The normalized spacial score (nSPS) is 11.5. The Kier molecular flexibility index (Phi) is 3.16. The molecule has 16 heavy (non-hydrogen) atoms. The van der Waals surface area contributed by atoms with Gasteiger partial charge >= 0.3 is 5.97 Å². The van der Waals surface area contributed by atoms with Gasteiger partial charge in [0.2, 0.25) is 0 Å². The van der Waals surface area contributed by atoms with Crippen molar-refractivity contribution in [1.82, 2.24) is 0 Å². The van der Waals surface area contributed by atoms with Crippen LogP contribution >= 0.6 is 0 Å². The number of carboxylic acid groups (broad SMARTS) is 1. The third-order valence-electron chi connectivity index (χ3n) is 2.33. The van der Waals surface area contributed by atoms with Crippen LogP contribution in [0.5, 0.6) is 5.75 Å². The second-order valence-corrected chi connectivity index (χ2v) is 4.26. The van der Waals surface area contributed by atoms with Crippen LogP contribution in [0.2, 0.25) is 0 Å². The van der Waals surface area contributed by atoms with E-state index in [9.17, 15) is 13.6 Å². The first-order valence-corrected chi connectivity index (χ1v) is 4.64. The summed E-state index contributed by atoms with van der Waals surface area (Å²) in [7, 11) is 0. The number of benzene rings is 1. The van der Waals surface area contributed by atoms with Gasteiger partial charge in [-0.2, -0.15) is 0 Å². The highest BCUT2D eigenvalue weighted by molar-refractivity contribution is 5.74. The molecule has 2 N–H and O–H groups in total. The molecule has 88 valence electrons. The van der Waals surface area contributed by atoms with Gasteiger partial charge in [-0.1, -0.05) is 0 Å². The second-order valence-electron chi connectivity index (χ2n) is 4.26. The molecule has 0 heterocycles. The zero-order chi connectivity index (χ0) is 12.5. The SMILES string of the molecule is CC(C)(Cc1cc(F)c(O)cc1F)C(=O)O. The lowest BCUT2D eigenvalue weighted by molar-refractivity contribution is -0.146. The highest BCUT2D eigenvalue weighted by atomic mass is 19.1. The lowest BCUT2D eigenvalue weighted by atomic mass is 9.85. The first-order chi connectivity index (χ1) is 7.24. The average molecular weight is 230 g/mol. The Bertz CT molecular complexity index is 427. The van der Waals surface area contributed by atoms with Crippen LogP contribution < -0.4 is 0 Å². The van der Waals surface area contributed by atoms with Crippen molar-refractivity contribution in [3.05, 3.63) is 29.3 Å². The molecule has 1 aromatic carbocycles. The molecule has 0 atom stereocenters. The minimum atomic E-state index is -1.19. The Hall–Kier alpha value is -1.65. The highest BCUT2D eigenvalue weighted by Gasteiger charge is 2.29. The number of phenolic OH excluding ortho intramolecular Hbond substituents is 1. The van der Waals surface area contributed by atoms with E-state index in [0.717, 1.165) is 6.07 Å². The van der Waals surface area contributed by atoms with E-state index in [1.165, 1.54) is 13.8 Å². The van der Waals surface area contributed by atoms with Gasteiger partial charge in [-0.15, -0.1) is 0 Å². The molecule has 3 nitrogen and oxygen atoms in total. The summed E-state index contributed by atoms with van der Waals surface area (Å²) in [5.41, 5.74) is -1.26. The predicted molar refractivity (Wildman–Crippen MR) is 53.1 cm³/mol. The van der Waals surface area contributed by atoms with Crippen LogP contribution in [0, 0.1) is 17.0 Å². The van der Waals surface area contributed by atoms with E-state index < -0.39 is 28.8 Å². The third kappa shape index (κ3) is 2.48.